The smallest absolute Gasteiger partial charge is 0.374 e. The van der Waals surface area contributed by atoms with E-state index in [-0.39, 0.29) is 47.1 Å². The van der Waals surface area contributed by atoms with Crippen molar-refractivity contribution in [2.24, 2.45) is 13.0 Å². The van der Waals surface area contributed by atoms with Crippen molar-refractivity contribution in [3.8, 4) is 23.1 Å². The molecule has 1 unspecified atom stereocenters. The molecule has 0 aliphatic carbocycles. The summed E-state index contributed by atoms with van der Waals surface area (Å²) in [6.07, 6.45) is -1.73. The number of nitrogens with one attached hydrogen (secondary N) is 2. The van der Waals surface area contributed by atoms with Gasteiger partial charge in [-0.15, -0.1) is 0 Å². The normalized spacial score (nSPS) is 16.9. The summed E-state index contributed by atoms with van der Waals surface area (Å²) in [7, 11) is 2.89. The number of rotatable bonds is 8. The van der Waals surface area contributed by atoms with Crippen LogP contribution in [0.5, 0.6) is 0 Å². The molecule has 0 bridgehead atoms. The molecule has 47 heavy (non-hydrogen) atoms. The van der Waals surface area contributed by atoms with Gasteiger partial charge in [-0.05, 0) is 38.1 Å². The van der Waals surface area contributed by atoms with E-state index in [4.69, 9.17) is 16.3 Å². The van der Waals surface area contributed by atoms with Crippen LogP contribution in [0.1, 0.15) is 40.9 Å². The van der Waals surface area contributed by atoms with Crippen LogP contribution in [-0.4, -0.2) is 99.0 Å². The van der Waals surface area contributed by atoms with Crippen LogP contribution >= 0.6 is 11.6 Å². The molecular weight excluding hydrogens is 641 g/mol. The van der Waals surface area contributed by atoms with Crippen LogP contribution < -0.4 is 10.6 Å². The molecule has 2 fully saturated rings. The first-order valence-corrected chi connectivity index (χ1v) is 15.5. The Morgan fingerprint density at radius 2 is 1.91 bits per heavy atom. The van der Waals surface area contributed by atoms with E-state index < -0.39 is 24.0 Å². The third-order valence-corrected chi connectivity index (χ3v) is 8.60. The van der Waals surface area contributed by atoms with Gasteiger partial charge in [0, 0.05) is 68.7 Å². The number of piperazine rings is 1. The summed E-state index contributed by atoms with van der Waals surface area (Å²) in [5, 5.41) is 20.9. The van der Waals surface area contributed by atoms with Gasteiger partial charge in [0.05, 0.1) is 17.5 Å². The third-order valence-electron chi connectivity index (χ3n) is 8.28. The number of hydrogen-bond acceptors (Lipinski definition) is 8. The zero-order chi connectivity index (χ0) is 33.7. The molecule has 0 radical (unpaired) electrons. The average molecular weight is 677 g/mol. The number of aromatic nitrogens is 4. The van der Waals surface area contributed by atoms with Crippen LogP contribution in [0.3, 0.4) is 0 Å². The molecule has 16 heteroatoms. The second kappa shape index (κ2) is 14.9. The van der Waals surface area contributed by atoms with Gasteiger partial charge in [-0.3, -0.25) is 19.2 Å². The Morgan fingerprint density at radius 1 is 1.19 bits per heavy atom. The number of carbonyl (C=O) groups is 2. The summed E-state index contributed by atoms with van der Waals surface area (Å²) in [6.45, 7) is 3.69. The first kappa shape index (κ1) is 34.4. The van der Waals surface area contributed by atoms with Gasteiger partial charge in [0.25, 0.3) is 5.91 Å². The molecule has 3 aromatic rings. The first-order valence-electron chi connectivity index (χ1n) is 15.1. The standard InChI is InChI=1S/C31H36ClF3N8O4/c1-40-25(23-19-43(11-3-4-16-47-2)39-26(23)31(33,34)35)18-37-27(40)28(44)38-21-5-6-22(24(32)17-21)30(46)42-14-12-41(13-15-42)29(45)20-7-9-36-10-8-20/h5-6,17-20,30,36,46H,7-16H2,1-2H3,(H,38,44). The highest BCUT2D eigenvalue weighted by Crippen LogP contribution is 2.36. The van der Waals surface area contributed by atoms with E-state index in [1.807, 2.05) is 9.80 Å². The maximum absolute atomic E-state index is 13.8. The number of piperidine rings is 1. The Bertz CT molecular complexity index is 1650. The molecule has 4 heterocycles. The minimum absolute atomic E-state index is 0.0348. The lowest BCUT2D eigenvalue weighted by atomic mass is 9.96. The Hall–Kier alpha value is -3.94. The second-order valence-corrected chi connectivity index (χ2v) is 11.8. The predicted molar refractivity (Wildman–Crippen MR) is 167 cm³/mol. The molecule has 2 aliphatic heterocycles. The molecule has 2 saturated heterocycles. The van der Waals surface area contributed by atoms with Crippen LogP contribution in [0.25, 0.3) is 11.3 Å². The fourth-order valence-electron chi connectivity index (χ4n) is 5.74. The highest BCUT2D eigenvalue weighted by atomic mass is 35.5. The number of anilines is 1. The maximum atomic E-state index is 13.8. The zero-order valence-electron chi connectivity index (χ0n) is 26.0. The summed E-state index contributed by atoms with van der Waals surface area (Å²) >= 11 is 6.52. The monoisotopic (exact) mass is 676 g/mol. The van der Waals surface area contributed by atoms with E-state index in [1.54, 1.807) is 12.1 Å². The van der Waals surface area contributed by atoms with Crippen molar-refractivity contribution >= 4 is 29.1 Å². The number of aliphatic hydroxyl groups is 1. The van der Waals surface area contributed by atoms with Crippen molar-refractivity contribution in [1.82, 2.24) is 34.4 Å². The topological polar surface area (TPSA) is 130 Å². The van der Waals surface area contributed by atoms with Gasteiger partial charge in [0.2, 0.25) is 5.91 Å². The molecule has 12 nitrogen and oxygen atoms in total. The molecule has 5 rings (SSSR count). The van der Waals surface area contributed by atoms with Crippen molar-refractivity contribution in [2.45, 2.75) is 31.8 Å². The van der Waals surface area contributed by atoms with Gasteiger partial charge in [-0.1, -0.05) is 29.5 Å². The lowest BCUT2D eigenvalue weighted by Crippen LogP contribution is -2.52. The number of imidazole rings is 1. The summed E-state index contributed by atoms with van der Waals surface area (Å²) in [5.41, 5.74) is -0.607. The number of methoxy groups -OCH3 is 1. The Morgan fingerprint density at radius 3 is 2.57 bits per heavy atom. The van der Waals surface area contributed by atoms with Crippen molar-refractivity contribution in [2.75, 3.05) is 58.3 Å². The van der Waals surface area contributed by atoms with Gasteiger partial charge in [0.15, 0.2) is 11.5 Å². The molecule has 0 saturated carbocycles. The molecule has 1 aromatic carbocycles. The van der Waals surface area contributed by atoms with Crippen molar-refractivity contribution < 1.29 is 32.6 Å². The van der Waals surface area contributed by atoms with E-state index in [0.29, 0.717) is 37.4 Å². The van der Waals surface area contributed by atoms with Crippen molar-refractivity contribution in [1.29, 1.82) is 0 Å². The quantitative estimate of drug-likeness (QED) is 0.311. The van der Waals surface area contributed by atoms with Crippen LogP contribution in [-0.2, 0) is 29.3 Å². The van der Waals surface area contributed by atoms with Gasteiger partial charge < -0.3 is 29.9 Å². The summed E-state index contributed by atoms with van der Waals surface area (Å²) < 4.78 is 48.7. The fraction of sp³-hybridized carbons (Fsp3) is 0.484. The molecular formula is C31H36ClF3N8O4. The number of hydrogen-bond donors (Lipinski definition) is 3. The number of ether oxygens (including phenoxy) is 1. The minimum Gasteiger partial charge on any atom is -0.374 e. The number of carbonyl (C=O) groups excluding carboxylic acids is 2. The molecule has 1 atom stereocenters. The second-order valence-electron chi connectivity index (χ2n) is 11.3. The van der Waals surface area contributed by atoms with Gasteiger partial charge in [0.1, 0.15) is 19.4 Å². The zero-order valence-corrected chi connectivity index (χ0v) is 26.7. The van der Waals surface area contributed by atoms with Crippen LogP contribution in [0.15, 0.2) is 30.6 Å². The summed E-state index contributed by atoms with van der Waals surface area (Å²) in [4.78, 5) is 33.8. The SMILES string of the molecule is COCC#CCn1cc(-c2cnc(C(=O)Nc3ccc(C(O)N4CCN(C(=O)C5CCNCC5)CC4)c(Cl)c3)n2C)c(C(F)(F)F)n1. The van der Waals surface area contributed by atoms with Gasteiger partial charge >= 0.3 is 6.18 Å². The van der Waals surface area contributed by atoms with E-state index in [9.17, 15) is 27.9 Å². The van der Waals surface area contributed by atoms with Gasteiger partial charge in [-0.2, -0.15) is 18.3 Å². The Kier molecular flexibility index (Phi) is 10.9. The van der Waals surface area contributed by atoms with Gasteiger partial charge in [-0.25, -0.2) is 4.98 Å². The molecule has 0 spiro atoms. The third kappa shape index (κ3) is 7.96. The molecule has 2 amide bonds. The summed E-state index contributed by atoms with van der Waals surface area (Å²) in [6, 6.07) is 4.65. The predicted octanol–water partition coefficient (Wildman–Crippen LogP) is 2.99. The molecule has 2 aromatic heterocycles. The number of amides is 2. The largest absolute Gasteiger partial charge is 0.435 e. The maximum Gasteiger partial charge on any atom is 0.435 e. The number of alkyl halides is 3. The van der Waals surface area contributed by atoms with Crippen molar-refractivity contribution in [3.05, 3.63) is 52.7 Å². The van der Waals surface area contributed by atoms with Crippen LogP contribution in [0.2, 0.25) is 5.02 Å². The highest BCUT2D eigenvalue weighted by molar-refractivity contribution is 6.31. The Balaban J connectivity index is 1.24. The van der Waals surface area contributed by atoms with Crippen LogP contribution in [0.4, 0.5) is 18.9 Å². The lowest BCUT2D eigenvalue weighted by Gasteiger charge is -2.39. The minimum atomic E-state index is -4.76. The summed E-state index contributed by atoms with van der Waals surface area (Å²) in [5.74, 6) is 4.74. The molecule has 2 aliphatic rings. The lowest BCUT2D eigenvalue weighted by molar-refractivity contribution is -0.141. The number of benzene rings is 1. The average Bonchev–Trinajstić information content (AvgIpc) is 3.66. The number of aliphatic hydroxyl groups excluding tert-OH is 1. The number of nitrogens with zero attached hydrogens (tertiary/aromatic N) is 6. The Labute approximate surface area is 274 Å². The molecule has 252 valence electrons. The van der Waals surface area contributed by atoms with E-state index in [2.05, 4.69) is 32.6 Å². The fourth-order valence-corrected chi connectivity index (χ4v) is 6.02. The van der Waals surface area contributed by atoms with Crippen molar-refractivity contribution in [3.63, 3.8) is 0 Å². The van der Waals surface area contributed by atoms with Crippen LogP contribution in [0, 0.1) is 17.8 Å². The molecule has 3 N–H and O–H groups in total. The highest BCUT2D eigenvalue weighted by Gasteiger charge is 2.38. The van der Waals surface area contributed by atoms with E-state index in [0.717, 1.165) is 30.6 Å². The number of halogens is 4. The van der Waals surface area contributed by atoms with E-state index in [1.165, 1.54) is 37.2 Å². The first-order chi connectivity index (χ1) is 22.5. The van der Waals surface area contributed by atoms with E-state index >= 15 is 0 Å².